The van der Waals surface area contributed by atoms with E-state index in [1.54, 1.807) is 0 Å². The van der Waals surface area contributed by atoms with Crippen LogP contribution in [-0.2, 0) is 4.74 Å². The molecule has 0 spiro atoms. The standard InChI is InChI=1S/C9H20NO.BrH/c1-3-5-10(4-2)6-8-11-9-7-10;/h3-9H2,1-2H3;1H/q+1;. The number of hydrogen-bond donors (Lipinski definition) is 0. The summed E-state index contributed by atoms with van der Waals surface area (Å²) in [6.45, 7) is 11.6. The highest BCUT2D eigenvalue weighted by atomic mass is 79.9. The fourth-order valence-corrected chi connectivity index (χ4v) is 1.90. The van der Waals surface area contributed by atoms with E-state index in [2.05, 4.69) is 13.8 Å². The topological polar surface area (TPSA) is 9.23 Å². The molecule has 0 saturated carbocycles. The molecule has 1 aliphatic rings. The largest absolute Gasteiger partial charge is 0.370 e. The molecule has 0 aliphatic carbocycles. The van der Waals surface area contributed by atoms with E-state index in [1.165, 1.54) is 37.1 Å². The van der Waals surface area contributed by atoms with Crippen molar-refractivity contribution in [3.8, 4) is 0 Å². The number of quaternary nitrogens is 1. The highest BCUT2D eigenvalue weighted by Gasteiger charge is 2.26. The smallest absolute Gasteiger partial charge is 0.102 e. The minimum absolute atomic E-state index is 0. The zero-order valence-corrected chi connectivity index (χ0v) is 9.93. The molecule has 2 nitrogen and oxygen atoms in total. The highest BCUT2D eigenvalue weighted by Crippen LogP contribution is 2.11. The predicted molar refractivity (Wildman–Crippen MR) is 56.8 cm³/mol. The average Bonchev–Trinajstić information content (AvgIpc) is 2.07. The van der Waals surface area contributed by atoms with Gasteiger partial charge in [0.05, 0.1) is 26.3 Å². The Morgan fingerprint density at radius 2 is 1.75 bits per heavy atom. The van der Waals surface area contributed by atoms with Gasteiger partial charge < -0.3 is 9.22 Å². The van der Waals surface area contributed by atoms with Crippen LogP contribution in [0, 0.1) is 0 Å². The molecule has 0 aromatic carbocycles. The molecule has 0 N–H and O–H groups in total. The second kappa shape index (κ2) is 5.95. The summed E-state index contributed by atoms with van der Waals surface area (Å²) in [5, 5.41) is 0. The number of halogens is 1. The highest BCUT2D eigenvalue weighted by molar-refractivity contribution is 8.93. The fraction of sp³-hybridized carbons (Fsp3) is 1.00. The summed E-state index contributed by atoms with van der Waals surface area (Å²) in [6, 6.07) is 0. The first-order chi connectivity index (χ1) is 5.33. The van der Waals surface area contributed by atoms with Crippen molar-refractivity contribution in [2.24, 2.45) is 0 Å². The summed E-state index contributed by atoms with van der Waals surface area (Å²) in [4.78, 5) is 0. The molecule has 3 heteroatoms. The molecule has 0 amide bonds. The fourth-order valence-electron chi connectivity index (χ4n) is 1.90. The molecule has 0 bridgehead atoms. The molecule has 0 aromatic rings. The van der Waals surface area contributed by atoms with Gasteiger partial charge in [-0.2, -0.15) is 0 Å². The van der Waals surface area contributed by atoms with Gasteiger partial charge in [-0.05, 0) is 13.3 Å². The Balaban J connectivity index is 0.00000121. The van der Waals surface area contributed by atoms with Crippen molar-refractivity contribution < 1.29 is 9.22 Å². The van der Waals surface area contributed by atoms with E-state index in [1.807, 2.05) is 0 Å². The zero-order chi connectivity index (χ0) is 8.16. The van der Waals surface area contributed by atoms with Crippen LogP contribution >= 0.6 is 17.0 Å². The van der Waals surface area contributed by atoms with Gasteiger partial charge in [0.25, 0.3) is 0 Å². The van der Waals surface area contributed by atoms with Crippen LogP contribution in [0.5, 0.6) is 0 Å². The summed E-state index contributed by atoms with van der Waals surface area (Å²) < 4.78 is 6.65. The van der Waals surface area contributed by atoms with Crippen LogP contribution in [-0.4, -0.2) is 43.9 Å². The molecule has 12 heavy (non-hydrogen) atoms. The van der Waals surface area contributed by atoms with Gasteiger partial charge in [-0.1, -0.05) is 6.92 Å². The molecule has 1 heterocycles. The zero-order valence-electron chi connectivity index (χ0n) is 8.21. The van der Waals surface area contributed by atoms with Gasteiger partial charge in [0.2, 0.25) is 0 Å². The van der Waals surface area contributed by atoms with Crippen LogP contribution in [0.25, 0.3) is 0 Å². The van der Waals surface area contributed by atoms with Gasteiger partial charge in [-0.15, -0.1) is 17.0 Å². The van der Waals surface area contributed by atoms with Crippen molar-refractivity contribution in [1.82, 2.24) is 0 Å². The number of rotatable bonds is 3. The van der Waals surface area contributed by atoms with Gasteiger partial charge in [-0.3, -0.25) is 0 Å². The van der Waals surface area contributed by atoms with Crippen LogP contribution in [0.3, 0.4) is 0 Å². The van der Waals surface area contributed by atoms with Crippen molar-refractivity contribution in [2.45, 2.75) is 20.3 Å². The summed E-state index contributed by atoms with van der Waals surface area (Å²) in [6.07, 6.45) is 1.30. The number of nitrogens with zero attached hydrogens (tertiary/aromatic N) is 1. The van der Waals surface area contributed by atoms with Crippen molar-refractivity contribution in [3.63, 3.8) is 0 Å². The molecule has 0 radical (unpaired) electrons. The van der Waals surface area contributed by atoms with Crippen molar-refractivity contribution >= 4 is 17.0 Å². The van der Waals surface area contributed by atoms with E-state index in [-0.39, 0.29) is 17.0 Å². The Morgan fingerprint density at radius 3 is 2.17 bits per heavy atom. The molecule has 0 aromatic heterocycles. The minimum Gasteiger partial charge on any atom is -0.370 e. The van der Waals surface area contributed by atoms with E-state index >= 15 is 0 Å². The third-order valence-corrected chi connectivity index (χ3v) is 2.79. The summed E-state index contributed by atoms with van der Waals surface area (Å²) >= 11 is 0. The molecule has 1 saturated heterocycles. The van der Waals surface area contributed by atoms with E-state index < -0.39 is 0 Å². The monoisotopic (exact) mass is 238 g/mol. The van der Waals surface area contributed by atoms with E-state index in [4.69, 9.17) is 4.74 Å². The Labute approximate surface area is 86.2 Å². The number of likely N-dealkylation sites (N-methyl/N-ethyl adjacent to an activating group) is 1. The lowest BCUT2D eigenvalue weighted by Crippen LogP contribution is -2.55. The Hall–Kier alpha value is 0.400. The molecule has 0 unspecified atom stereocenters. The lowest BCUT2D eigenvalue weighted by atomic mass is 10.2. The maximum atomic E-state index is 5.36. The molecular formula is C9H21BrNO+. The maximum Gasteiger partial charge on any atom is 0.102 e. The van der Waals surface area contributed by atoms with Gasteiger partial charge in [-0.25, -0.2) is 0 Å². The van der Waals surface area contributed by atoms with Crippen LogP contribution in [0.4, 0.5) is 0 Å². The first kappa shape index (κ1) is 12.4. The molecule has 1 fully saturated rings. The maximum absolute atomic E-state index is 5.36. The number of ether oxygens (including phenoxy) is 1. The van der Waals surface area contributed by atoms with Gasteiger partial charge in [0.15, 0.2) is 0 Å². The summed E-state index contributed by atoms with van der Waals surface area (Å²) in [5.74, 6) is 0. The van der Waals surface area contributed by atoms with Crippen molar-refractivity contribution in [3.05, 3.63) is 0 Å². The second-order valence-electron chi connectivity index (χ2n) is 3.44. The lowest BCUT2D eigenvalue weighted by Gasteiger charge is -2.40. The van der Waals surface area contributed by atoms with Crippen molar-refractivity contribution in [2.75, 3.05) is 39.4 Å². The van der Waals surface area contributed by atoms with Crippen LogP contribution in [0.2, 0.25) is 0 Å². The number of hydrogen-bond acceptors (Lipinski definition) is 1. The summed E-state index contributed by atoms with van der Waals surface area (Å²) in [5.41, 5.74) is 0. The molecular weight excluding hydrogens is 218 g/mol. The SMILES string of the molecule is Br.CCC[N+]1(CC)CCOCC1. The van der Waals surface area contributed by atoms with Crippen LogP contribution < -0.4 is 0 Å². The molecule has 74 valence electrons. The second-order valence-corrected chi connectivity index (χ2v) is 3.44. The van der Waals surface area contributed by atoms with Crippen LogP contribution in [0.15, 0.2) is 0 Å². The van der Waals surface area contributed by atoms with Gasteiger partial charge in [0.1, 0.15) is 13.1 Å². The van der Waals surface area contributed by atoms with E-state index in [0.717, 1.165) is 13.2 Å². The minimum atomic E-state index is 0. The lowest BCUT2D eigenvalue weighted by molar-refractivity contribution is -0.933. The Morgan fingerprint density at radius 1 is 1.17 bits per heavy atom. The van der Waals surface area contributed by atoms with E-state index in [0.29, 0.717) is 0 Å². The first-order valence-corrected chi connectivity index (χ1v) is 4.76. The molecule has 1 aliphatic heterocycles. The summed E-state index contributed by atoms with van der Waals surface area (Å²) in [7, 11) is 0. The third kappa shape index (κ3) is 3.04. The number of morpholine rings is 1. The third-order valence-electron chi connectivity index (χ3n) is 2.79. The Bertz CT molecular complexity index is 108. The quantitative estimate of drug-likeness (QED) is 0.683. The predicted octanol–water partition coefficient (Wildman–Crippen LogP) is 1.84. The normalized spacial score (nSPS) is 21.5. The van der Waals surface area contributed by atoms with Crippen LogP contribution in [0.1, 0.15) is 20.3 Å². The Kier molecular flexibility index (Phi) is 6.14. The van der Waals surface area contributed by atoms with E-state index in [9.17, 15) is 0 Å². The molecule has 1 rings (SSSR count). The van der Waals surface area contributed by atoms with Gasteiger partial charge >= 0.3 is 0 Å². The average molecular weight is 239 g/mol. The van der Waals surface area contributed by atoms with Gasteiger partial charge in [0, 0.05) is 0 Å². The molecule has 0 atom stereocenters. The van der Waals surface area contributed by atoms with Crippen molar-refractivity contribution in [1.29, 1.82) is 0 Å². The first-order valence-electron chi connectivity index (χ1n) is 4.76.